The number of halogens is 1. The molecule has 0 radical (unpaired) electrons. The van der Waals surface area contributed by atoms with Gasteiger partial charge in [0.15, 0.2) is 0 Å². The standard InChI is InChI=1S/C35H36BrN5O8/c1-46-32(42)19-40(20-33(43)47-2)17-26-7-5-9-28(37-26)30-15-24(23-11-13-25(36)14-12-23)16-31(39-30)29-10-6-8-27(38-29)18-41(21-34(44)48-3)22-35(45)49-4/h5-16H,17-22H2,1-4H3. The van der Waals surface area contributed by atoms with E-state index in [1.807, 2.05) is 60.7 Å². The molecular weight excluding hydrogens is 698 g/mol. The van der Waals surface area contributed by atoms with Crippen molar-refractivity contribution in [3.05, 3.63) is 88.7 Å². The molecule has 0 amide bonds. The lowest BCUT2D eigenvalue weighted by atomic mass is 10.0. The molecule has 0 bridgehead atoms. The SMILES string of the molecule is COC(=O)CN(CC(=O)OC)Cc1cccc(-c2cc(-c3ccc(Br)cc3)cc(-c3cccc(CN(CC(=O)OC)CC(=O)OC)n3)n2)n1. The van der Waals surface area contributed by atoms with Crippen molar-refractivity contribution in [2.75, 3.05) is 54.6 Å². The molecule has 0 fully saturated rings. The molecule has 0 aliphatic rings. The second-order valence-corrected chi connectivity index (χ2v) is 11.7. The summed E-state index contributed by atoms with van der Waals surface area (Å²) in [6.45, 7) is -0.159. The number of nitrogens with zero attached hydrogens (tertiary/aromatic N) is 5. The molecule has 3 aromatic heterocycles. The quantitative estimate of drug-likeness (QED) is 0.128. The summed E-state index contributed by atoms with van der Waals surface area (Å²) in [6, 6.07) is 22.6. The molecule has 1 aromatic carbocycles. The van der Waals surface area contributed by atoms with Gasteiger partial charge in [-0.3, -0.25) is 29.0 Å². The number of benzene rings is 1. The van der Waals surface area contributed by atoms with Gasteiger partial charge >= 0.3 is 23.9 Å². The average Bonchev–Trinajstić information content (AvgIpc) is 3.11. The highest BCUT2D eigenvalue weighted by Gasteiger charge is 2.19. The van der Waals surface area contributed by atoms with Crippen molar-refractivity contribution in [3.63, 3.8) is 0 Å². The molecule has 0 N–H and O–H groups in total. The monoisotopic (exact) mass is 733 g/mol. The summed E-state index contributed by atoms with van der Waals surface area (Å²) in [5.41, 5.74) is 5.25. The lowest BCUT2D eigenvalue weighted by Gasteiger charge is -2.20. The van der Waals surface area contributed by atoms with Crippen molar-refractivity contribution in [2.45, 2.75) is 13.1 Å². The Bertz CT molecular complexity index is 1650. The van der Waals surface area contributed by atoms with E-state index < -0.39 is 23.9 Å². The normalized spacial score (nSPS) is 10.9. The number of hydrogen-bond donors (Lipinski definition) is 0. The Labute approximate surface area is 292 Å². The van der Waals surface area contributed by atoms with Gasteiger partial charge in [-0.05, 0) is 59.7 Å². The Morgan fingerprint density at radius 2 is 0.918 bits per heavy atom. The summed E-state index contributed by atoms with van der Waals surface area (Å²) in [7, 11) is 5.13. The van der Waals surface area contributed by atoms with E-state index in [0.717, 1.165) is 15.6 Å². The molecule has 0 saturated carbocycles. The van der Waals surface area contributed by atoms with E-state index in [-0.39, 0.29) is 39.3 Å². The van der Waals surface area contributed by atoms with Crippen LogP contribution in [0.2, 0.25) is 0 Å². The van der Waals surface area contributed by atoms with Gasteiger partial charge in [0.25, 0.3) is 0 Å². The first-order chi connectivity index (χ1) is 23.6. The first kappa shape index (κ1) is 36.8. The van der Waals surface area contributed by atoms with Crippen LogP contribution in [0.25, 0.3) is 33.9 Å². The maximum Gasteiger partial charge on any atom is 0.319 e. The van der Waals surface area contributed by atoms with Crippen molar-refractivity contribution in [2.24, 2.45) is 0 Å². The Morgan fingerprint density at radius 1 is 0.531 bits per heavy atom. The van der Waals surface area contributed by atoms with Gasteiger partial charge in [0.2, 0.25) is 0 Å². The fourth-order valence-corrected chi connectivity index (χ4v) is 5.07. The van der Waals surface area contributed by atoms with Crippen LogP contribution in [0.4, 0.5) is 0 Å². The number of carbonyl (C=O) groups excluding carboxylic acids is 4. The molecule has 4 aromatic rings. The zero-order chi connectivity index (χ0) is 35.3. The molecule has 14 heteroatoms. The third-order valence-corrected chi connectivity index (χ3v) is 7.76. The van der Waals surface area contributed by atoms with Crippen LogP contribution >= 0.6 is 15.9 Å². The summed E-state index contributed by atoms with van der Waals surface area (Å²) in [5, 5.41) is 0. The van der Waals surface area contributed by atoms with Crippen LogP contribution in [-0.2, 0) is 51.2 Å². The van der Waals surface area contributed by atoms with Crippen LogP contribution in [0.1, 0.15) is 11.4 Å². The molecule has 256 valence electrons. The Kier molecular flexibility index (Phi) is 13.4. The first-order valence-corrected chi connectivity index (χ1v) is 15.8. The van der Waals surface area contributed by atoms with Gasteiger partial charge in [0.05, 0.1) is 88.8 Å². The van der Waals surface area contributed by atoms with Crippen LogP contribution in [-0.4, -0.2) is 103 Å². The van der Waals surface area contributed by atoms with Crippen molar-refractivity contribution in [1.29, 1.82) is 0 Å². The topological polar surface area (TPSA) is 150 Å². The van der Waals surface area contributed by atoms with Crippen LogP contribution in [0.15, 0.2) is 77.3 Å². The van der Waals surface area contributed by atoms with E-state index in [9.17, 15) is 19.2 Å². The molecule has 49 heavy (non-hydrogen) atoms. The highest BCUT2D eigenvalue weighted by molar-refractivity contribution is 9.10. The Hall–Kier alpha value is -5.05. The molecule has 4 rings (SSSR count). The molecule has 3 heterocycles. The van der Waals surface area contributed by atoms with E-state index >= 15 is 0 Å². The van der Waals surface area contributed by atoms with Gasteiger partial charge in [-0.25, -0.2) is 15.0 Å². The summed E-state index contributed by atoms with van der Waals surface area (Å²) < 4.78 is 20.1. The van der Waals surface area contributed by atoms with Gasteiger partial charge < -0.3 is 18.9 Å². The minimum atomic E-state index is -0.498. The Balaban J connectivity index is 1.73. The Morgan fingerprint density at radius 3 is 1.29 bits per heavy atom. The van der Waals surface area contributed by atoms with E-state index in [0.29, 0.717) is 34.2 Å². The van der Waals surface area contributed by atoms with Crippen LogP contribution in [0, 0.1) is 0 Å². The molecular formula is C35H36BrN5O8. The van der Waals surface area contributed by atoms with E-state index in [1.54, 1.807) is 21.9 Å². The number of methoxy groups -OCH3 is 4. The predicted molar refractivity (Wildman–Crippen MR) is 182 cm³/mol. The third-order valence-electron chi connectivity index (χ3n) is 7.23. The van der Waals surface area contributed by atoms with Gasteiger partial charge in [0.1, 0.15) is 0 Å². The van der Waals surface area contributed by atoms with Crippen molar-refractivity contribution in [1.82, 2.24) is 24.8 Å². The molecule has 0 atom stereocenters. The number of hydrogen-bond acceptors (Lipinski definition) is 13. The number of esters is 4. The molecule has 13 nitrogen and oxygen atoms in total. The van der Waals surface area contributed by atoms with Crippen LogP contribution in [0.5, 0.6) is 0 Å². The smallest absolute Gasteiger partial charge is 0.319 e. The lowest BCUT2D eigenvalue weighted by molar-refractivity contribution is -0.147. The number of ether oxygens (including phenoxy) is 4. The average molecular weight is 735 g/mol. The zero-order valence-corrected chi connectivity index (χ0v) is 29.1. The van der Waals surface area contributed by atoms with Crippen molar-refractivity contribution >= 4 is 39.8 Å². The minimum Gasteiger partial charge on any atom is -0.468 e. The number of rotatable bonds is 15. The van der Waals surface area contributed by atoms with Gasteiger partial charge in [-0.1, -0.05) is 40.2 Å². The van der Waals surface area contributed by atoms with E-state index in [4.69, 9.17) is 33.9 Å². The fraction of sp³-hybridized carbons (Fsp3) is 0.286. The van der Waals surface area contributed by atoms with Gasteiger partial charge in [-0.2, -0.15) is 0 Å². The summed E-state index contributed by atoms with van der Waals surface area (Å²) in [4.78, 5) is 65.9. The van der Waals surface area contributed by atoms with E-state index in [2.05, 4.69) is 15.9 Å². The van der Waals surface area contributed by atoms with Gasteiger partial charge in [-0.15, -0.1) is 0 Å². The number of pyridine rings is 3. The maximum absolute atomic E-state index is 12.0. The zero-order valence-electron chi connectivity index (χ0n) is 27.6. The fourth-order valence-electron chi connectivity index (χ4n) is 4.80. The molecule has 0 saturated heterocycles. The second kappa shape index (κ2) is 17.9. The predicted octanol–water partition coefficient (Wildman–Crippen LogP) is 3.93. The number of carbonyl (C=O) groups is 4. The summed E-state index contributed by atoms with van der Waals surface area (Å²) in [5.74, 6) is -1.99. The van der Waals surface area contributed by atoms with Crippen molar-refractivity contribution < 1.29 is 38.1 Å². The molecule has 0 aliphatic carbocycles. The number of aromatic nitrogens is 3. The third kappa shape index (κ3) is 11.0. The maximum atomic E-state index is 12.0. The molecule has 0 spiro atoms. The van der Waals surface area contributed by atoms with Crippen LogP contribution < -0.4 is 0 Å². The highest BCUT2D eigenvalue weighted by Crippen LogP contribution is 2.30. The van der Waals surface area contributed by atoms with E-state index in [1.165, 1.54) is 28.4 Å². The van der Waals surface area contributed by atoms with Gasteiger partial charge in [0, 0.05) is 17.6 Å². The molecule has 0 aliphatic heterocycles. The second-order valence-electron chi connectivity index (χ2n) is 10.8. The highest BCUT2D eigenvalue weighted by atomic mass is 79.9. The lowest BCUT2D eigenvalue weighted by Crippen LogP contribution is -2.35. The minimum absolute atomic E-state index is 0.127. The summed E-state index contributed by atoms with van der Waals surface area (Å²) >= 11 is 3.50. The largest absolute Gasteiger partial charge is 0.468 e. The summed E-state index contributed by atoms with van der Waals surface area (Å²) in [6.07, 6.45) is 0. The molecule has 0 unspecified atom stereocenters. The van der Waals surface area contributed by atoms with Crippen molar-refractivity contribution in [3.8, 4) is 33.9 Å². The van der Waals surface area contributed by atoms with Crippen LogP contribution in [0.3, 0.4) is 0 Å². The first-order valence-electron chi connectivity index (χ1n) is 15.0.